The molecule has 0 aliphatic carbocycles. The van der Waals surface area contributed by atoms with E-state index in [2.05, 4.69) is 53.7 Å². The summed E-state index contributed by atoms with van der Waals surface area (Å²) >= 11 is 0. The Labute approximate surface area is 215 Å². The Morgan fingerprint density at radius 2 is 1.22 bits per heavy atom. The number of carbonyl (C=O) groups is 1. The summed E-state index contributed by atoms with van der Waals surface area (Å²) in [7, 11) is 0. The summed E-state index contributed by atoms with van der Waals surface area (Å²) in [6.07, 6.45) is 1.13. The van der Waals surface area contributed by atoms with Crippen molar-refractivity contribution in [3.63, 3.8) is 0 Å². The molecule has 0 amide bonds. The van der Waals surface area contributed by atoms with Crippen LogP contribution in [0.4, 0.5) is 0 Å². The molecule has 0 fully saturated rings. The molecule has 0 atom stereocenters. The number of hydrogen-bond acceptors (Lipinski definition) is 4. The zero-order valence-corrected chi connectivity index (χ0v) is 23.2. The van der Waals surface area contributed by atoms with E-state index in [0.29, 0.717) is 12.8 Å². The van der Waals surface area contributed by atoms with Crippen molar-refractivity contribution < 1.29 is 49.7 Å². The standard InChI is InChI=1S/C27H38O4.Na/c1-16-12-23(28)21(26(3,4)5)14-19(16)18(10-9-11-25(30)31)20-15-22(27(6,7)8)24(29)13-17(20)2;/h12-15,18,28-29H,9-11H2,1-8H3,(H,30,31);/q;+1/p-1. The van der Waals surface area contributed by atoms with E-state index in [-0.39, 0.29) is 64.2 Å². The van der Waals surface area contributed by atoms with Gasteiger partial charge in [-0.1, -0.05) is 53.7 Å². The molecule has 0 saturated carbocycles. The number of carbonyl (C=O) groups excluding carboxylic acids is 1. The molecule has 0 aromatic heterocycles. The molecule has 4 nitrogen and oxygen atoms in total. The Balaban J connectivity index is 0.00000512. The summed E-state index contributed by atoms with van der Waals surface area (Å²) in [6, 6.07) is 7.75. The van der Waals surface area contributed by atoms with Crippen LogP contribution < -0.4 is 34.7 Å². The van der Waals surface area contributed by atoms with Crippen LogP contribution >= 0.6 is 0 Å². The van der Waals surface area contributed by atoms with Gasteiger partial charge in [0.1, 0.15) is 11.5 Å². The molecule has 32 heavy (non-hydrogen) atoms. The van der Waals surface area contributed by atoms with Crippen molar-refractivity contribution in [1.29, 1.82) is 0 Å². The van der Waals surface area contributed by atoms with Crippen molar-refractivity contribution in [3.8, 4) is 11.5 Å². The van der Waals surface area contributed by atoms with Crippen LogP contribution in [0.25, 0.3) is 0 Å². The summed E-state index contributed by atoms with van der Waals surface area (Å²) < 4.78 is 0. The molecule has 0 aliphatic heterocycles. The van der Waals surface area contributed by atoms with Gasteiger partial charge in [-0.05, 0) is 89.5 Å². The summed E-state index contributed by atoms with van der Waals surface area (Å²) in [4.78, 5) is 11.1. The fraction of sp³-hybridized carbons (Fsp3) is 0.519. The second-order valence-electron chi connectivity index (χ2n) is 10.8. The third-order valence-electron chi connectivity index (χ3n) is 6.01. The Kier molecular flexibility index (Phi) is 9.48. The molecule has 2 rings (SSSR count). The van der Waals surface area contributed by atoms with Crippen molar-refractivity contribution in [3.05, 3.63) is 57.6 Å². The SMILES string of the molecule is Cc1cc(O)c(C(C)(C)C)cc1C(CCCC(=O)[O-])c1cc(C(C)(C)C)c(O)cc1C.[Na+]. The van der Waals surface area contributed by atoms with Gasteiger partial charge in [0, 0.05) is 11.9 Å². The Morgan fingerprint density at radius 3 is 1.53 bits per heavy atom. The van der Waals surface area contributed by atoms with E-state index in [9.17, 15) is 20.1 Å². The van der Waals surface area contributed by atoms with Gasteiger partial charge >= 0.3 is 29.6 Å². The first kappa shape index (κ1) is 28.5. The smallest absolute Gasteiger partial charge is 0.550 e. The van der Waals surface area contributed by atoms with Crippen LogP contribution in [0.5, 0.6) is 11.5 Å². The molecule has 2 aromatic carbocycles. The molecule has 0 heterocycles. The van der Waals surface area contributed by atoms with Crippen molar-refractivity contribution in [2.75, 3.05) is 0 Å². The fourth-order valence-electron chi connectivity index (χ4n) is 4.30. The first-order valence-corrected chi connectivity index (χ1v) is 11.0. The minimum atomic E-state index is -1.05. The molecule has 2 N–H and O–H groups in total. The van der Waals surface area contributed by atoms with Gasteiger partial charge in [0.05, 0.1) is 0 Å². The monoisotopic (exact) mass is 448 g/mol. The number of benzene rings is 2. The molecule has 5 heteroatoms. The van der Waals surface area contributed by atoms with Crippen molar-refractivity contribution in [1.82, 2.24) is 0 Å². The van der Waals surface area contributed by atoms with Gasteiger partial charge in [-0.15, -0.1) is 0 Å². The fourth-order valence-corrected chi connectivity index (χ4v) is 4.30. The number of phenols is 2. The quantitative estimate of drug-likeness (QED) is 0.665. The maximum Gasteiger partial charge on any atom is 1.00 e. The second kappa shape index (κ2) is 10.6. The van der Waals surface area contributed by atoms with Gasteiger partial charge in [0.25, 0.3) is 0 Å². The summed E-state index contributed by atoms with van der Waals surface area (Å²) in [5, 5.41) is 32.2. The molecule has 0 spiro atoms. The number of carboxylic acids is 1. The first-order valence-electron chi connectivity index (χ1n) is 11.0. The van der Waals surface area contributed by atoms with Crippen LogP contribution in [-0.2, 0) is 15.6 Å². The second-order valence-corrected chi connectivity index (χ2v) is 10.8. The predicted molar refractivity (Wildman–Crippen MR) is 124 cm³/mol. The van der Waals surface area contributed by atoms with E-state index >= 15 is 0 Å². The summed E-state index contributed by atoms with van der Waals surface area (Å²) in [5.74, 6) is -0.544. The number of rotatable bonds is 6. The topological polar surface area (TPSA) is 80.6 Å². The summed E-state index contributed by atoms with van der Waals surface area (Å²) in [5.41, 5.74) is 5.36. The number of aryl methyl sites for hydroxylation is 2. The minimum Gasteiger partial charge on any atom is -0.550 e. The van der Waals surface area contributed by atoms with Crippen molar-refractivity contribution >= 4 is 5.97 Å². The average molecular weight is 449 g/mol. The van der Waals surface area contributed by atoms with Crippen LogP contribution in [0, 0.1) is 13.8 Å². The number of aliphatic carboxylic acids is 1. The largest absolute Gasteiger partial charge is 1.00 e. The molecule has 0 aliphatic rings. The Bertz CT molecular complexity index is 896. The number of phenolic OH excluding ortho intramolecular Hbond substituents is 2. The molecule has 0 saturated heterocycles. The maximum absolute atomic E-state index is 11.1. The Morgan fingerprint density at radius 1 is 0.844 bits per heavy atom. The van der Waals surface area contributed by atoms with Crippen LogP contribution in [0.3, 0.4) is 0 Å². The predicted octanol–water partition coefficient (Wildman–Crippen LogP) is 2.37. The van der Waals surface area contributed by atoms with E-state index in [4.69, 9.17) is 0 Å². The van der Waals surface area contributed by atoms with Gasteiger partial charge in [0.2, 0.25) is 0 Å². The van der Waals surface area contributed by atoms with Gasteiger partial charge in [-0.25, -0.2) is 0 Å². The molecule has 0 unspecified atom stereocenters. The number of aromatic hydroxyl groups is 2. The molecular formula is C27H37NaO4. The molecule has 0 radical (unpaired) electrons. The van der Waals surface area contributed by atoms with Gasteiger partial charge in [-0.2, -0.15) is 0 Å². The van der Waals surface area contributed by atoms with E-state index in [1.165, 1.54) is 0 Å². The normalized spacial score (nSPS) is 12.0. The molecule has 0 bridgehead atoms. The first-order chi connectivity index (χ1) is 14.1. The van der Waals surface area contributed by atoms with Crippen molar-refractivity contribution in [2.45, 2.75) is 91.4 Å². The molecule has 170 valence electrons. The molecular weight excluding hydrogens is 411 g/mol. The third-order valence-corrected chi connectivity index (χ3v) is 6.01. The minimum absolute atomic E-state index is 0. The van der Waals surface area contributed by atoms with Gasteiger partial charge in [-0.3, -0.25) is 0 Å². The average Bonchev–Trinajstić information content (AvgIpc) is 2.57. The van der Waals surface area contributed by atoms with Crippen LogP contribution in [-0.4, -0.2) is 16.2 Å². The van der Waals surface area contributed by atoms with Gasteiger partial charge < -0.3 is 20.1 Å². The van der Waals surface area contributed by atoms with Crippen LogP contribution in [0.15, 0.2) is 24.3 Å². The third kappa shape index (κ3) is 6.76. The van der Waals surface area contributed by atoms with Gasteiger partial charge in [0.15, 0.2) is 0 Å². The molecule has 2 aromatic rings. The van der Waals surface area contributed by atoms with E-state index < -0.39 is 5.97 Å². The Hall–Kier alpha value is -1.49. The van der Waals surface area contributed by atoms with E-state index in [0.717, 1.165) is 33.4 Å². The van der Waals surface area contributed by atoms with E-state index in [1.54, 1.807) is 0 Å². The zero-order valence-electron chi connectivity index (χ0n) is 21.2. The van der Waals surface area contributed by atoms with Crippen molar-refractivity contribution in [2.24, 2.45) is 0 Å². The van der Waals surface area contributed by atoms with E-state index in [1.807, 2.05) is 26.0 Å². The number of hydrogen-bond donors (Lipinski definition) is 2. The van der Waals surface area contributed by atoms with Crippen LogP contribution in [0.2, 0.25) is 0 Å². The van der Waals surface area contributed by atoms with Crippen LogP contribution in [0.1, 0.15) is 100 Å². The maximum atomic E-state index is 11.1. The summed E-state index contributed by atoms with van der Waals surface area (Å²) in [6.45, 7) is 16.4. The number of carboxylic acid groups (broad SMARTS) is 1. The zero-order chi connectivity index (χ0) is 23.7.